The fourth-order valence-corrected chi connectivity index (χ4v) is 4.47. The van der Waals surface area contributed by atoms with Crippen LogP contribution in [0, 0.1) is 11.3 Å². The molecule has 0 saturated carbocycles. The highest BCUT2D eigenvalue weighted by molar-refractivity contribution is 5.31. The first-order chi connectivity index (χ1) is 12.4. The van der Waals surface area contributed by atoms with E-state index < -0.39 is 0 Å². The van der Waals surface area contributed by atoms with E-state index in [2.05, 4.69) is 14.9 Å². The van der Waals surface area contributed by atoms with Gasteiger partial charge in [-0.05, 0) is 44.1 Å². The van der Waals surface area contributed by atoms with Crippen molar-refractivity contribution in [3.05, 3.63) is 18.5 Å². The fourth-order valence-electron chi connectivity index (χ4n) is 4.47. The van der Waals surface area contributed by atoms with Gasteiger partial charge in [-0.2, -0.15) is 0 Å². The lowest BCUT2D eigenvalue weighted by molar-refractivity contribution is -0.130. The van der Waals surface area contributed by atoms with Crippen molar-refractivity contribution >= 4 is 5.95 Å². The van der Waals surface area contributed by atoms with Crippen LogP contribution >= 0.6 is 0 Å². The van der Waals surface area contributed by atoms with E-state index in [0.717, 1.165) is 84.2 Å². The van der Waals surface area contributed by atoms with Crippen LogP contribution in [-0.4, -0.2) is 62.2 Å². The Labute approximate surface area is 149 Å². The Hall–Kier alpha value is -1.24. The smallest absolute Gasteiger partial charge is 0.225 e. The lowest BCUT2D eigenvalue weighted by atomic mass is 9.73. The van der Waals surface area contributed by atoms with Gasteiger partial charge in [-0.25, -0.2) is 9.97 Å². The maximum Gasteiger partial charge on any atom is 0.225 e. The number of hydrogen-bond donors (Lipinski definition) is 0. The Kier molecular flexibility index (Phi) is 5.48. The molecule has 1 aromatic heterocycles. The van der Waals surface area contributed by atoms with Crippen molar-refractivity contribution < 1.29 is 14.2 Å². The molecule has 25 heavy (non-hydrogen) atoms. The van der Waals surface area contributed by atoms with E-state index in [9.17, 15) is 0 Å². The summed E-state index contributed by atoms with van der Waals surface area (Å²) >= 11 is 0. The highest BCUT2D eigenvalue weighted by Gasteiger charge is 2.46. The van der Waals surface area contributed by atoms with Crippen molar-refractivity contribution in [3.63, 3.8) is 0 Å². The minimum atomic E-state index is 0.0703. The number of piperidine rings is 1. The molecule has 4 heterocycles. The number of aromatic nitrogens is 2. The molecule has 0 spiro atoms. The lowest BCUT2D eigenvalue weighted by Crippen LogP contribution is -2.57. The van der Waals surface area contributed by atoms with Crippen molar-refractivity contribution in [2.24, 2.45) is 11.3 Å². The molecule has 1 aromatic rings. The van der Waals surface area contributed by atoms with E-state index in [0.29, 0.717) is 12.0 Å². The van der Waals surface area contributed by atoms with Gasteiger partial charge in [0.15, 0.2) is 0 Å². The normalized spacial score (nSPS) is 30.9. The largest absolute Gasteiger partial charge is 0.381 e. The predicted octanol–water partition coefficient (Wildman–Crippen LogP) is 2.30. The standard InChI is InChI=1S/C19H29N3O3/c1-6-19(15-24-13-16-4-11-23-12-5-16)14-22(9-3-17(19)25-10-1)18-20-7-2-8-21-18/h2,7-8,16-17H,1,3-6,9-15H2/t17-,19+/m1/s1. The SMILES string of the molecule is c1cnc(N2CC[C@H]3OCCC[C@@]3(COCC3CCOCC3)C2)nc1. The van der Waals surface area contributed by atoms with Gasteiger partial charge in [-0.1, -0.05) is 0 Å². The van der Waals surface area contributed by atoms with Gasteiger partial charge in [0.25, 0.3) is 0 Å². The van der Waals surface area contributed by atoms with Crippen LogP contribution in [-0.2, 0) is 14.2 Å². The molecule has 0 bridgehead atoms. The highest BCUT2D eigenvalue weighted by Crippen LogP contribution is 2.41. The van der Waals surface area contributed by atoms with Crippen molar-refractivity contribution in [1.29, 1.82) is 0 Å². The molecule has 3 aliphatic heterocycles. The maximum atomic E-state index is 6.25. The predicted molar refractivity (Wildman–Crippen MR) is 94.6 cm³/mol. The second-order valence-electron chi connectivity index (χ2n) is 7.66. The van der Waals surface area contributed by atoms with Gasteiger partial charge in [0.05, 0.1) is 12.7 Å². The molecular weight excluding hydrogens is 318 g/mol. The summed E-state index contributed by atoms with van der Waals surface area (Å²) in [5, 5.41) is 0. The molecule has 0 unspecified atom stereocenters. The average molecular weight is 347 g/mol. The van der Waals surface area contributed by atoms with Crippen LogP contribution in [0.25, 0.3) is 0 Å². The number of anilines is 1. The van der Waals surface area contributed by atoms with Crippen molar-refractivity contribution in [1.82, 2.24) is 9.97 Å². The van der Waals surface area contributed by atoms with Gasteiger partial charge >= 0.3 is 0 Å². The molecule has 2 atom stereocenters. The Morgan fingerprint density at radius 1 is 1.16 bits per heavy atom. The Bertz CT molecular complexity index is 538. The summed E-state index contributed by atoms with van der Waals surface area (Å²) in [7, 11) is 0. The lowest BCUT2D eigenvalue weighted by Gasteiger charge is -2.50. The third-order valence-corrected chi connectivity index (χ3v) is 5.91. The average Bonchev–Trinajstić information content (AvgIpc) is 2.69. The number of rotatable bonds is 5. The summed E-state index contributed by atoms with van der Waals surface area (Å²) in [5.74, 6) is 1.47. The van der Waals surface area contributed by atoms with Crippen molar-refractivity contribution in [2.75, 3.05) is 51.0 Å². The molecule has 6 heteroatoms. The summed E-state index contributed by atoms with van der Waals surface area (Å²) in [6, 6.07) is 1.87. The van der Waals surface area contributed by atoms with E-state index in [1.807, 2.05) is 18.5 Å². The molecule has 0 aromatic carbocycles. The summed E-state index contributed by atoms with van der Waals surface area (Å²) < 4.78 is 17.8. The van der Waals surface area contributed by atoms with Gasteiger partial charge in [0.1, 0.15) is 0 Å². The minimum Gasteiger partial charge on any atom is -0.381 e. The fraction of sp³-hybridized carbons (Fsp3) is 0.789. The van der Waals surface area contributed by atoms with E-state index in [-0.39, 0.29) is 5.41 Å². The van der Waals surface area contributed by atoms with Gasteiger partial charge in [0, 0.05) is 57.3 Å². The zero-order valence-corrected chi connectivity index (χ0v) is 14.9. The highest BCUT2D eigenvalue weighted by atomic mass is 16.5. The number of nitrogens with zero attached hydrogens (tertiary/aromatic N) is 3. The number of ether oxygens (including phenoxy) is 3. The molecule has 138 valence electrons. The first kappa shape index (κ1) is 17.2. The van der Waals surface area contributed by atoms with Gasteiger partial charge in [0.2, 0.25) is 5.95 Å². The van der Waals surface area contributed by atoms with Crippen LogP contribution in [0.15, 0.2) is 18.5 Å². The first-order valence-corrected chi connectivity index (χ1v) is 9.65. The molecule has 0 aliphatic carbocycles. The van der Waals surface area contributed by atoms with E-state index >= 15 is 0 Å². The van der Waals surface area contributed by atoms with Crippen molar-refractivity contribution in [2.45, 2.75) is 38.2 Å². The summed E-state index contributed by atoms with van der Waals surface area (Å²) in [6.45, 7) is 6.14. The van der Waals surface area contributed by atoms with Crippen LogP contribution in [0.2, 0.25) is 0 Å². The molecule has 3 fully saturated rings. The minimum absolute atomic E-state index is 0.0703. The zero-order chi connectivity index (χ0) is 17.0. The monoisotopic (exact) mass is 347 g/mol. The van der Waals surface area contributed by atoms with Crippen LogP contribution in [0.1, 0.15) is 32.1 Å². The molecule has 3 aliphatic rings. The van der Waals surface area contributed by atoms with E-state index in [1.54, 1.807) is 0 Å². The van der Waals surface area contributed by atoms with Crippen LogP contribution in [0.5, 0.6) is 0 Å². The summed E-state index contributed by atoms with van der Waals surface area (Å²) in [4.78, 5) is 11.2. The van der Waals surface area contributed by atoms with E-state index in [1.165, 1.54) is 0 Å². The molecule has 3 saturated heterocycles. The van der Waals surface area contributed by atoms with Crippen molar-refractivity contribution in [3.8, 4) is 0 Å². The molecule has 6 nitrogen and oxygen atoms in total. The van der Waals surface area contributed by atoms with Crippen LogP contribution in [0.4, 0.5) is 5.95 Å². The Morgan fingerprint density at radius 3 is 2.84 bits per heavy atom. The topological polar surface area (TPSA) is 56.7 Å². The molecule has 4 rings (SSSR count). The van der Waals surface area contributed by atoms with Gasteiger partial charge in [-0.3, -0.25) is 0 Å². The molecule has 0 N–H and O–H groups in total. The maximum absolute atomic E-state index is 6.25. The summed E-state index contributed by atoms with van der Waals surface area (Å²) in [6.07, 6.45) is 9.48. The second-order valence-corrected chi connectivity index (χ2v) is 7.66. The number of fused-ring (bicyclic) bond motifs is 1. The Morgan fingerprint density at radius 2 is 2.00 bits per heavy atom. The van der Waals surface area contributed by atoms with Gasteiger partial charge in [-0.15, -0.1) is 0 Å². The zero-order valence-electron chi connectivity index (χ0n) is 14.9. The van der Waals surface area contributed by atoms with Crippen LogP contribution < -0.4 is 4.90 Å². The van der Waals surface area contributed by atoms with Crippen LogP contribution in [0.3, 0.4) is 0 Å². The third kappa shape index (κ3) is 3.96. The van der Waals surface area contributed by atoms with E-state index in [4.69, 9.17) is 14.2 Å². The molecular formula is C19H29N3O3. The van der Waals surface area contributed by atoms with Gasteiger partial charge < -0.3 is 19.1 Å². The first-order valence-electron chi connectivity index (χ1n) is 9.65. The quantitative estimate of drug-likeness (QED) is 0.815. The Balaban J connectivity index is 1.40. The molecule has 0 amide bonds. The third-order valence-electron chi connectivity index (χ3n) is 5.91. The number of hydrogen-bond acceptors (Lipinski definition) is 6. The molecule has 0 radical (unpaired) electrons. The second kappa shape index (κ2) is 7.98. The summed E-state index contributed by atoms with van der Waals surface area (Å²) in [5.41, 5.74) is 0.0703.